The third kappa shape index (κ3) is 4.55. The molecule has 96 valence electrons. The molecule has 0 bridgehead atoms. The Bertz CT molecular complexity index is 454. The maximum absolute atomic E-state index is 10.9. The molecule has 4 nitrogen and oxygen atoms in total. The van der Waals surface area contributed by atoms with Gasteiger partial charge in [0.1, 0.15) is 11.3 Å². The van der Waals surface area contributed by atoms with Crippen LogP contribution < -0.4 is 4.74 Å². The minimum atomic E-state index is -1.03. The number of thioether (sulfide) groups is 1. The second kappa shape index (κ2) is 7.45. The van der Waals surface area contributed by atoms with E-state index >= 15 is 0 Å². The molecule has 0 spiro atoms. The maximum atomic E-state index is 10.9. The number of allylic oxidation sites excluding steroid dienone is 1. The van der Waals surface area contributed by atoms with Crippen LogP contribution in [0, 0.1) is 0 Å². The summed E-state index contributed by atoms with van der Waals surface area (Å²) in [4.78, 5) is 10.9. The van der Waals surface area contributed by atoms with Gasteiger partial charge < -0.3 is 14.6 Å². The highest BCUT2D eigenvalue weighted by molar-refractivity contribution is 8.05. The molecular formula is C13H14O4S. The Balaban J connectivity index is 2.49. The van der Waals surface area contributed by atoms with Gasteiger partial charge in [-0.2, -0.15) is 0 Å². The summed E-state index contributed by atoms with van der Waals surface area (Å²) in [5.41, 5.74) is 0.104. The first kappa shape index (κ1) is 14.2. The average Bonchev–Trinajstić information content (AvgIpc) is 2.36. The number of benzene rings is 1. The first-order chi connectivity index (χ1) is 8.65. The van der Waals surface area contributed by atoms with E-state index in [0.717, 1.165) is 0 Å². The van der Waals surface area contributed by atoms with Crippen LogP contribution in [0.5, 0.6) is 5.75 Å². The molecule has 0 atom stereocenters. The van der Waals surface area contributed by atoms with E-state index in [1.807, 2.05) is 18.4 Å². The first-order valence-electron chi connectivity index (χ1n) is 5.19. The van der Waals surface area contributed by atoms with Gasteiger partial charge in [-0.25, -0.2) is 4.79 Å². The number of carboxylic acid groups (broad SMARTS) is 1. The lowest BCUT2D eigenvalue weighted by Crippen LogP contribution is -2.05. The lowest BCUT2D eigenvalue weighted by atomic mass is 10.2. The number of hydrogen-bond donors (Lipinski definition) is 1. The smallest absolute Gasteiger partial charge is 0.339 e. The Hall–Kier alpha value is -1.88. The van der Waals surface area contributed by atoms with Crippen molar-refractivity contribution in [3.8, 4) is 5.75 Å². The zero-order valence-electron chi connectivity index (χ0n) is 9.96. The van der Waals surface area contributed by atoms with E-state index in [2.05, 4.69) is 6.58 Å². The molecule has 0 saturated heterocycles. The van der Waals surface area contributed by atoms with Crippen molar-refractivity contribution in [2.75, 3.05) is 6.79 Å². The lowest BCUT2D eigenvalue weighted by Gasteiger charge is -2.10. The minimum absolute atomic E-state index is 0.0757. The molecule has 0 unspecified atom stereocenters. The summed E-state index contributed by atoms with van der Waals surface area (Å²) in [6.07, 6.45) is 1.86. The third-order valence-electron chi connectivity index (χ3n) is 1.89. The van der Waals surface area contributed by atoms with E-state index in [1.165, 1.54) is 17.8 Å². The standard InChI is InChI=1S/C13H14O4S/c1-3-8-18-10(2)16-9-17-12-7-5-4-6-11(12)13(14)15/h3-8H,2,9H2,1H3,(H,14,15)/b8-3-. The van der Waals surface area contributed by atoms with Crippen molar-refractivity contribution in [1.29, 1.82) is 0 Å². The monoisotopic (exact) mass is 266 g/mol. The quantitative estimate of drug-likeness (QED) is 0.605. The Morgan fingerprint density at radius 1 is 1.50 bits per heavy atom. The Labute approximate surface area is 110 Å². The van der Waals surface area contributed by atoms with Gasteiger partial charge in [-0.3, -0.25) is 0 Å². The van der Waals surface area contributed by atoms with E-state index in [1.54, 1.807) is 18.2 Å². The van der Waals surface area contributed by atoms with Crippen molar-refractivity contribution < 1.29 is 19.4 Å². The lowest BCUT2D eigenvalue weighted by molar-refractivity contribution is 0.0640. The van der Waals surface area contributed by atoms with E-state index in [0.29, 0.717) is 5.09 Å². The number of aromatic carboxylic acids is 1. The van der Waals surface area contributed by atoms with Gasteiger partial charge in [0.05, 0.1) is 0 Å². The Morgan fingerprint density at radius 3 is 2.89 bits per heavy atom. The van der Waals surface area contributed by atoms with Gasteiger partial charge in [-0.05, 0) is 31.0 Å². The highest BCUT2D eigenvalue weighted by atomic mass is 32.2. The zero-order valence-corrected chi connectivity index (χ0v) is 10.8. The molecule has 0 saturated carbocycles. The molecule has 0 fully saturated rings. The molecule has 1 rings (SSSR count). The van der Waals surface area contributed by atoms with E-state index in [4.69, 9.17) is 14.6 Å². The summed E-state index contributed by atoms with van der Waals surface area (Å²) in [6.45, 7) is 5.49. The molecule has 0 amide bonds. The van der Waals surface area contributed by atoms with Gasteiger partial charge in [0.2, 0.25) is 6.79 Å². The van der Waals surface area contributed by atoms with Crippen LogP contribution in [0.4, 0.5) is 0 Å². The zero-order chi connectivity index (χ0) is 13.4. The topological polar surface area (TPSA) is 55.8 Å². The second-order valence-corrected chi connectivity index (χ2v) is 4.13. The van der Waals surface area contributed by atoms with Gasteiger partial charge >= 0.3 is 5.97 Å². The van der Waals surface area contributed by atoms with Crippen LogP contribution in [0.3, 0.4) is 0 Å². The predicted molar refractivity (Wildman–Crippen MR) is 71.5 cm³/mol. The van der Waals surface area contributed by atoms with Crippen molar-refractivity contribution in [2.24, 2.45) is 0 Å². The van der Waals surface area contributed by atoms with Crippen molar-refractivity contribution in [3.63, 3.8) is 0 Å². The summed E-state index contributed by atoms with van der Waals surface area (Å²) in [6, 6.07) is 6.39. The number of para-hydroxylation sites is 1. The highest BCUT2D eigenvalue weighted by Crippen LogP contribution is 2.20. The van der Waals surface area contributed by atoms with Gasteiger partial charge in [0.15, 0.2) is 5.09 Å². The fourth-order valence-electron chi connectivity index (χ4n) is 1.11. The number of carbonyl (C=O) groups is 1. The summed E-state index contributed by atoms with van der Waals surface area (Å²) in [5, 5.41) is 11.3. The van der Waals surface area contributed by atoms with Gasteiger partial charge in [-0.15, -0.1) is 0 Å². The van der Waals surface area contributed by atoms with Gasteiger partial charge in [0.25, 0.3) is 0 Å². The van der Waals surface area contributed by atoms with Crippen molar-refractivity contribution >= 4 is 17.7 Å². The van der Waals surface area contributed by atoms with E-state index in [-0.39, 0.29) is 18.1 Å². The Morgan fingerprint density at radius 2 is 2.22 bits per heavy atom. The molecule has 0 aromatic heterocycles. The largest absolute Gasteiger partial charge is 0.478 e. The number of rotatable bonds is 7. The predicted octanol–water partition coefficient (Wildman–Crippen LogP) is 3.48. The SMILES string of the molecule is C=C(OCOc1ccccc1C(=O)O)S/C=C\C. The first-order valence-corrected chi connectivity index (χ1v) is 6.07. The van der Waals surface area contributed by atoms with Gasteiger partial charge in [0, 0.05) is 0 Å². The number of ether oxygens (including phenoxy) is 2. The summed E-state index contributed by atoms with van der Waals surface area (Å²) >= 11 is 1.33. The molecule has 0 aliphatic carbocycles. The molecule has 0 aliphatic heterocycles. The van der Waals surface area contributed by atoms with Crippen LogP contribution in [0.25, 0.3) is 0 Å². The molecule has 5 heteroatoms. The molecule has 0 aliphatic rings. The molecule has 1 aromatic rings. The highest BCUT2D eigenvalue weighted by Gasteiger charge is 2.09. The number of carboxylic acids is 1. The molecule has 18 heavy (non-hydrogen) atoms. The van der Waals surface area contributed by atoms with E-state index < -0.39 is 5.97 Å². The van der Waals surface area contributed by atoms with Crippen molar-refractivity contribution in [3.05, 3.63) is 53.0 Å². The fourth-order valence-corrected chi connectivity index (χ4v) is 1.51. The van der Waals surface area contributed by atoms with Gasteiger partial charge in [-0.1, -0.05) is 30.0 Å². The van der Waals surface area contributed by atoms with Crippen LogP contribution in [0.2, 0.25) is 0 Å². The van der Waals surface area contributed by atoms with E-state index in [9.17, 15) is 4.79 Å². The Kier molecular flexibility index (Phi) is 5.87. The second-order valence-electron chi connectivity index (χ2n) is 3.17. The fraction of sp³-hybridized carbons (Fsp3) is 0.154. The molecule has 1 N–H and O–H groups in total. The molecule has 1 aromatic carbocycles. The minimum Gasteiger partial charge on any atom is -0.478 e. The summed E-state index contributed by atoms with van der Waals surface area (Å²) < 4.78 is 10.4. The maximum Gasteiger partial charge on any atom is 0.339 e. The van der Waals surface area contributed by atoms with Crippen LogP contribution >= 0.6 is 11.8 Å². The van der Waals surface area contributed by atoms with Crippen LogP contribution in [-0.2, 0) is 4.74 Å². The summed E-state index contributed by atoms with van der Waals surface area (Å²) in [5.74, 6) is -0.762. The van der Waals surface area contributed by atoms with Crippen LogP contribution in [0.1, 0.15) is 17.3 Å². The normalized spacial score (nSPS) is 10.3. The average molecular weight is 266 g/mol. The van der Waals surface area contributed by atoms with Crippen LogP contribution in [0.15, 0.2) is 47.4 Å². The summed E-state index contributed by atoms with van der Waals surface area (Å²) in [7, 11) is 0. The number of hydrogen-bond acceptors (Lipinski definition) is 4. The van der Waals surface area contributed by atoms with Crippen molar-refractivity contribution in [1.82, 2.24) is 0 Å². The third-order valence-corrected chi connectivity index (χ3v) is 2.68. The van der Waals surface area contributed by atoms with Crippen molar-refractivity contribution in [2.45, 2.75) is 6.92 Å². The molecule has 0 radical (unpaired) electrons. The molecule has 0 heterocycles. The van der Waals surface area contributed by atoms with Crippen LogP contribution in [-0.4, -0.2) is 17.9 Å². The molecular weight excluding hydrogens is 252 g/mol.